The summed E-state index contributed by atoms with van der Waals surface area (Å²) in [5.41, 5.74) is 9.18. The van der Waals surface area contributed by atoms with E-state index >= 15 is 0 Å². The zero-order chi connectivity index (χ0) is 19.6. The Hall–Kier alpha value is -2.98. The molecule has 2 aromatic heterocycles. The van der Waals surface area contributed by atoms with E-state index in [1.807, 2.05) is 13.8 Å². The summed E-state index contributed by atoms with van der Waals surface area (Å²) in [6.45, 7) is 3.73. The molecule has 0 aliphatic rings. The summed E-state index contributed by atoms with van der Waals surface area (Å²) < 4.78 is 5.89. The van der Waals surface area contributed by atoms with Gasteiger partial charge in [-0.05, 0) is 22.3 Å². The Morgan fingerprint density at radius 3 is 2.81 bits per heavy atom. The molecule has 1 aromatic carbocycles. The maximum Gasteiger partial charge on any atom is 0.293 e. The first-order valence-electron chi connectivity index (χ1n) is 7.71. The van der Waals surface area contributed by atoms with E-state index < -0.39 is 5.91 Å². The minimum Gasteiger partial charge on any atom is -0.378 e. The predicted molar refractivity (Wildman–Crippen MR) is 99.2 cm³/mol. The standard InChI is InChI=1S/C15H14Cl2N8O2/c1-7(2)12-11(20-24-25(12)14-13(18)22-27-23-14)15(26)21-19-6-8-4-3-5-9(16)10(8)17/h3-7H,1-2H3,(H2,18,22)(H,21,26)/b19-6+. The van der Waals surface area contributed by atoms with E-state index in [4.69, 9.17) is 28.9 Å². The minimum atomic E-state index is -0.561. The highest BCUT2D eigenvalue weighted by Crippen LogP contribution is 2.24. The Morgan fingerprint density at radius 1 is 1.37 bits per heavy atom. The van der Waals surface area contributed by atoms with Crippen LogP contribution in [0.4, 0.5) is 5.82 Å². The van der Waals surface area contributed by atoms with Gasteiger partial charge in [-0.15, -0.1) is 5.10 Å². The van der Waals surface area contributed by atoms with Gasteiger partial charge in [0.15, 0.2) is 5.69 Å². The molecule has 0 saturated carbocycles. The van der Waals surface area contributed by atoms with Crippen molar-refractivity contribution in [2.45, 2.75) is 19.8 Å². The number of nitrogens with two attached hydrogens (primary N) is 1. The Labute approximate surface area is 163 Å². The van der Waals surface area contributed by atoms with E-state index in [9.17, 15) is 4.79 Å². The van der Waals surface area contributed by atoms with Gasteiger partial charge in [0.05, 0.1) is 22.0 Å². The normalized spacial score (nSPS) is 11.4. The van der Waals surface area contributed by atoms with Crippen molar-refractivity contribution in [3.8, 4) is 5.82 Å². The Bertz CT molecular complexity index is 1010. The van der Waals surface area contributed by atoms with Crippen LogP contribution in [-0.4, -0.2) is 37.4 Å². The largest absolute Gasteiger partial charge is 0.378 e. The number of benzene rings is 1. The molecule has 27 heavy (non-hydrogen) atoms. The van der Waals surface area contributed by atoms with Crippen molar-refractivity contribution in [1.29, 1.82) is 0 Å². The van der Waals surface area contributed by atoms with Gasteiger partial charge in [0.25, 0.3) is 5.91 Å². The molecule has 0 radical (unpaired) electrons. The SMILES string of the molecule is CC(C)c1c(C(=O)N/N=C/c2cccc(Cl)c2Cl)nnn1-c1nonc1N. The molecule has 0 fully saturated rings. The van der Waals surface area contributed by atoms with E-state index in [0.29, 0.717) is 21.3 Å². The van der Waals surface area contributed by atoms with Crippen molar-refractivity contribution in [3.05, 3.63) is 45.2 Å². The van der Waals surface area contributed by atoms with Crippen LogP contribution < -0.4 is 11.2 Å². The number of aromatic nitrogens is 5. The first-order chi connectivity index (χ1) is 12.9. The Balaban J connectivity index is 1.85. The summed E-state index contributed by atoms with van der Waals surface area (Å²) in [6.07, 6.45) is 1.38. The quantitative estimate of drug-likeness (QED) is 0.488. The second-order valence-electron chi connectivity index (χ2n) is 5.71. The molecule has 0 atom stereocenters. The number of hydrazone groups is 1. The summed E-state index contributed by atoms with van der Waals surface area (Å²) >= 11 is 12.0. The molecule has 0 aliphatic heterocycles. The van der Waals surface area contributed by atoms with Crippen LogP contribution in [0.1, 0.15) is 41.5 Å². The molecule has 2 heterocycles. The maximum atomic E-state index is 12.5. The number of rotatable bonds is 5. The van der Waals surface area contributed by atoms with E-state index in [0.717, 1.165) is 0 Å². The number of hydrogen-bond acceptors (Lipinski definition) is 8. The lowest BCUT2D eigenvalue weighted by atomic mass is 10.1. The van der Waals surface area contributed by atoms with Crippen molar-refractivity contribution in [2.24, 2.45) is 5.10 Å². The Kier molecular flexibility index (Phi) is 5.38. The molecule has 3 aromatic rings. The molecule has 10 nitrogen and oxygen atoms in total. The fraction of sp³-hybridized carbons (Fsp3) is 0.200. The number of halogens is 2. The average Bonchev–Trinajstić information content (AvgIpc) is 3.24. The fourth-order valence-electron chi connectivity index (χ4n) is 2.30. The molecule has 0 bridgehead atoms. The van der Waals surface area contributed by atoms with Crippen LogP contribution in [0.25, 0.3) is 5.82 Å². The van der Waals surface area contributed by atoms with Crippen molar-refractivity contribution in [1.82, 2.24) is 30.7 Å². The van der Waals surface area contributed by atoms with Gasteiger partial charge in [0.2, 0.25) is 11.6 Å². The molecular weight excluding hydrogens is 395 g/mol. The van der Waals surface area contributed by atoms with Gasteiger partial charge < -0.3 is 5.73 Å². The molecule has 0 unspecified atom stereocenters. The van der Waals surface area contributed by atoms with E-state index in [2.05, 4.69) is 35.8 Å². The Morgan fingerprint density at radius 2 is 2.15 bits per heavy atom. The van der Waals surface area contributed by atoms with E-state index in [1.165, 1.54) is 10.9 Å². The summed E-state index contributed by atoms with van der Waals surface area (Å²) in [6, 6.07) is 5.08. The highest BCUT2D eigenvalue weighted by atomic mass is 35.5. The van der Waals surface area contributed by atoms with E-state index in [1.54, 1.807) is 18.2 Å². The summed E-state index contributed by atoms with van der Waals surface area (Å²) in [5.74, 6) is -0.501. The molecule has 0 aliphatic carbocycles. The average molecular weight is 409 g/mol. The number of nitrogens with zero attached hydrogens (tertiary/aromatic N) is 6. The van der Waals surface area contributed by atoms with E-state index in [-0.39, 0.29) is 23.2 Å². The summed E-state index contributed by atoms with van der Waals surface area (Å²) in [4.78, 5) is 12.5. The third-order valence-corrected chi connectivity index (χ3v) is 4.35. The molecule has 12 heteroatoms. The first-order valence-corrected chi connectivity index (χ1v) is 8.47. The molecular formula is C15H14Cl2N8O2. The highest BCUT2D eigenvalue weighted by molar-refractivity contribution is 6.43. The molecule has 0 saturated heterocycles. The second kappa shape index (κ2) is 7.72. The third-order valence-electron chi connectivity index (χ3n) is 3.51. The first kappa shape index (κ1) is 18.8. The minimum absolute atomic E-state index is 0.0300. The zero-order valence-electron chi connectivity index (χ0n) is 14.2. The number of nitrogens with one attached hydrogen (secondary N) is 1. The van der Waals surface area contributed by atoms with Gasteiger partial charge in [0, 0.05) is 5.56 Å². The van der Waals surface area contributed by atoms with Crippen LogP contribution in [0.5, 0.6) is 0 Å². The van der Waals surface area contributed by atoms with Crippen molar-refractivity contribution in [3.63, 3.8) is 0 Å². The van der Waals surface area contributed by atoms with Crippen molar-refractivity contribution < 1.29 is 9.42 Å². The lowest BCUT2D eigenvalue weighted by molar-refractivity contribution is 0.0948. The van der Waals surface area contributed by atoms with Gasteiger partial charge >= 0.3 is 0 Å². The van der Waals surface area contributed by atoms with Crippen LogP contribution in [0.2, 0.25) is 10.0 Å². The van der Waals surface area contributed by atoms with Crippen LogP contribution in [0.3, 0.4) is 0 Å². The van der Waals surface area contributed by atoms with Crippen LogP contribution in [-0.2, 0) is 0 Å². The molecule has 3 N–H and O–H groups in total. The maximum absolute atomic E-state index is 12.5. The zero-order valence-corrected chi connectivity index (χ0v) is 15.7. The topological polar surface area (TPSA) is 137 Å². The number of amides is 1. The van der Waals surface area contributed by atoms with Crippen molar-refractivity contribution in [2.75, 3.05) is 5.73 Å². The van der Waals surface area contributed by atoms with Gasteiger partial charge in [-0.3, -0.25) is 4.79 Å². The summed E-state index contributed by atoms with van der Waals surface area (Å²) in [5, 5.41) is 19.6. The molecule has 140 valence electrons. The number of nitrogen functional groups attached to an aromatic ring is 1. The highest BCUT2D eigenvalue weighted by Gasteiger charge is 2.25. The number of anilines is 1. The van der Waals surface area contributed by atoms with Gasteiger partial charge in [0.1, 0.15) is 0 Å². The lowest BCUT2D eigenvalue weighted by Gasteiger charge is -2.08. The molecule has 1 amide bonds. The smallest absolute Gasteiger partial charge is 0.293 e. The van der Waals surface area contributed by atoms with Crippen molar-refractivity contribution >= 4 is 41.1 Å². The van der Waals surface area contributed by atoms with Gasteiger partial charge in [-0.1, -0.05) is 54.4 Å². The van der Waals surface area contributed by atoms with Crippen LogP contribution in [0, 0.1) is 0 Å². The number of carbonyl (C=O) groups excluding carboxylic acids is 1. The second-order valence-corrected chi connectivity index (χ2v) is 6.49. The third kappa shape index (κ3) is 3.76. The van der Waals surface area contributed by atoms with Gasteiger partial charge in [-0.25, -0.2) is 10.1 Å². The fourth-order valence-corrected chi connectivity index (χ4v) is 2.65. The molecule has 0 spiro atoms. The number of hydrogen-bond donors (Lipinski definition) is 2. The molecule has 3 rings (SSSR count). The van der Waals surface area contributed by atoms with Crippen LogP contribution in [0.15, 0.2) is 27.9 Å². The monoisotopic (exact) mass is 408 g/mol. The lowest BCUT2D eigenvalue weighted by Crippen LogP contribution is -2.21. The van der Waals surface area contributed by atoms with Gasteiger partial charge in [-0.2, -0.15) is 9.78 Å². The summed E-state index contributed by atoms with van der Waals surface area (Å²) in [7, 11) is 0. The predicted octanol–water partition coefficient (Wildman–Crippen LogP) is 2.43. The van der Waals surface area contributed by atoms with Crippen LogP contribution >= 0.6 is 23.2 Å². The number of carbonyl (C=O) groups is 1.